The van der Waals surface area contributed by atoms with Crippen molar-refractivity contribution < 1.29 is 19.4 Å². The first-order valence-electron chi connectivity index (χ1n) is 11.0. The SMILES string of the molecule is CCCNC(=O)O.COc1ccccc1C(=O)NCC1(c2ccccc2)CCCCC1. The van der Waals surface area contributed by atoms with Crippen LogP contribution < -0.4 is 15.4 Å². The van der Waals surface area contributed by atoms with E-state index in [9.17, 15) is 9.59 Å². The first kappa shape index (κ1) is 24.3. The van der Waals surface area contributed by atoms with Crippen LogP contribution in [-0.4, -0.2) is 37.3 Å². The molecule has 0 bridgehead atoms. The number of carboxylic acid groups (broad SMARTS) is 1. The highest BCUT2D eigenvalue weighted by Gasteiger charge is 2.34. The summed E-state index contributed by atoms with van der Waals surface area (Å²) in [6.45, 7) is 3.14. The third-order valence-electron chi connectivity index (χ3n) is 5.66. The van der Waals surface area contributed by atoms with Gasteiger partial charge in [0, 0.05) is 18.5 Å². The average Bonchev–Trinajstić information content (AvgIpc) is 2.82. The Morgan fingerprint density at radius 1 is 0.968 bits per heavy atom. The van der Waals surface area contributed by atoms with E-state index in [0.717, 1.165) is 19.3 Å². The van der Waals surface area contributed by atoms with Crippen LogP contribution in [0.5, 0.6) is 5.75 Å². The van der Waals surface area contributed by atoms with Crippen molar-refractivity contribution in [2.75, 3.05) is 20.2 Å². The number of methoxy groups -OCH3 is 1. The number of carbonyl (C=O) groups is 2. The Labute approximate surface area is 185 Å². The Hall–Kier alpha value is -3.02. The minimum atomic E-state index is -0.943. The zero-order chi connectivity index (χ0) is 22.5. The molecule has 6 heteroatoms. The Kier molecular flexibility index (Phi) is 9.88. The lowest BCUT2D eigenvalue weighted by Crippen LogP contribution is -2.42. The molecule has 1 aliphatic carbocycles. The Morgan fingerprint density at radius 3 is 2.19 bits per heavy atom. The second kappa shape index (κ2) is 12.6. The van der Waals surface area contributed by atoms with Gasteiger partial charge >= 0.3 is 6.09 Å². The van der Waals surface area contributed by atoms with Crippen molar-refractivity contribution in [3.8, 4) is 5.75 Å². The number of amides is 2. The van der Waals surface area contributed by atoms with Crippen molar-refractivity contribution in [2.45, 2.75) is 50.9 Å². The summed E-state index contributed by atoms with van der Waals surface area (Å²) in [7, 11) is 1.60. The first-order chi connectivity index (χ1) is 15.0. The van der Waals surface area contributed by atoms with E-state index in [1.807, 2.05) is 37.3 Å². The van der Waals surface area contributed by atoms with Gasteiger partial charge in [-0.1, -0.05) is 68.7 Å². The quantitative estimate of drug-likeness (QED) is 0.582. The average molecular weight is 427 g/mol. The summed E-state index contributed by atoms with van der Waals surface area (Å²) in [5.74, 6) is 0.556. The van der Waals surface area contributed by atoms with Gasteiger partial charge in [0.1, 0.15) is 5.75 Å². The highest BCUT2D eigenvalue weighted by Crippen LogP contribution is 2.39. The topological polar surface area (TPSA) is 87.7 Å². The summed E-state index contributed by atoms with van der Waals surface area (Å²) >= 11 is 0. The molecule has 2 aromatic rings. The molecule has 0 radical (unpaired) electrons. The first-order valence-corrected chi connectivity index (χ1v) is 11.0. The van der Waals surface area contributed by atoms with Crippen LogP contribution >= 0.6 is 0 Å². The number of benzene rings is 2. The van der Waals surface area contributed by atoms with Crippen LogP contribution in [0.15, 0.2) is 54.6 Å². The lowest BCUT2D eigenvalue weighted by molar-refractivity contribution is 0.0933. The van der Waals surface area contributed by atoms with Gasteiger partial charge in [0.05, 0.1) is 12.7 Å². The van der Waals surface area contributed by atoms with Crippen molar-refractivity contribution in [2.24, 2.45) is 0 Å². The van der Waals surface area contributed by atoms with Crippen LogP contribution in [0, 0.1) is 0 Å². The predicted octanol–water partition coefficient (Wildman–Crippen LogP) is 4.99. The van der Waals surface area contributed by atoms with Crippen LogP contribution in [0.25, 0.3) is 0 Å². The maximum Gasteiger partial charge on any atom is 0.404 e. The van der Waals surface area contributed by atoms with Gasteiger partial charge in [0.25, 0.3) is 5.91 Å². The fourth-order valence-electron chi connectivity index (χ4n) is 4.00. The Bertz CT molecular complexity index is 817. The van der Waals surface area contributed by atoms with Crippen molar-refractivity contribution in [1.82, 2.24) is 10.6 Å². The number of nitrogens with one attached hydrogen (secondary N) is 2. The fraction of sp³-hybridized carbons (Fsp3) is 0.440. The number of ether oxygens (including phenoxy) is 1. The molecule has 0 aliphatic heterocycles. The smallest absolute Gasteiger partial charge is 0.404 e. The van der Waals surface area contributed by atoms with Crippen LogP contribution in [0.3, 0.4) is 0 Å². The van der Waals surface area contributed by atoms with Crippen molar-refractivity contribution in [3.63, 3.8) is 0 Å². The summed E-state index contributed by atoms with van der Waals surface area (Å²) < 4.78 is 5.31. The lowest BCUT2D eigenvalue weighted by atomic mass is 9.69. The molecular weight excluding hydrogens is 392 g/mol. The summed E-state index contributed by atoms with van der Waals surface area (Å²) in [6.07, 6.45) is 5.90. The van der Waals surface area contributed by atoms with E-state index in [4.69, 9.17) is 9.84 Å². The molecule has 1 saturated carbocycles. The molecule has 0 saturated heterocycles. The molecular formula is C25H34N2O4. The Balaban J connectivity index is 0.000000423. The number of carbonyl (C=O) groups excluding carboxylic acids is 1. The summed E-state index contributed by atoms with van der Waals surface area (Å²) in [5.41, 5.74) is 1.99. The molecule has 3 rings (SSSR count). The van der Waals surface area contributed by atoms with Crippen LogP contribution in [0.4, 0.5) is 4.79 Å². The van der Waals surface area contributed by atoms with E-state index in [2.05, 4.69) is 34.9 Å². The molecule has 31 heavy (non-hydrogen) atoms. The molecule has 0 aromatic heterocycles. The van der Waals surface area contributed by atoms with Gasteiger partial charge in [-0.15, -0.1) is 0 Å². The second-order valence-electron chi connectivity index (χ2n) is 7.82. The van der Waals surface area contributed by atoms with Crippen LogP contribution in [-0.2, 0) is 5.41 Å². The predicted molar refractivity (Wildman–Crippen MR) is 123 cm³/mol. The van der Waals surface area contributed by atoms with Crippen LogP contribution in [0.1, 0.15) is 61.4 Å². The number of hydrogen-bond acceptors (Lipinski definition) is 3. The van der Waals surface area contributed by atoms with Gasteiger partial charge < -0.3 is 20.5 Å². The normalized spacial score (nSPS) is 14.5. The molecule has 168 valence electrons. The number of hydrogen-bond donors (Lipinski definition) is 3. The third kappa shape index (κ3) is 7.31. The third-order valence-corrected chi connectivity index (χ3v) is 5.66. The molecule has 0 spiro atoms. The summed E-state index contributed by atoms with van der Waals surface area (Å²) in [4.78, 5) is 22.3. The van der Waals surface area contributed by atoms with Gasteiger partial charge in [-0.05, 0) is 37.0 Å². The molecule has 0 atom stereocenters. The van der Waals surface area contributed by atoms with Crippen LogP contribution in [0.2, 0.25) is 0 Å². The second-order valence-corrected chi connectivity index (χ2v) is 7.82. The minimum absolute atomic E-state index is 0.0528. The summed E-state index contributed by atoms with van der Waals surface area (Å²) in [6, 6.07) is 18.0. The number of rotatable bonds is 7. The zero-order valence-electron chi connectivity index (χ0n) is 18.5. The molecule has 0 heterocycles. The minimum Gasteiger partial charge on any atom is -0.496 e. The fourth-order valence-corrected chi connectivity index (χ4v) is 4.00. The van der Waals surface area contributed by atoms with Crippen molar-refractivity contribution in [3.05, 3.63) is 65.7 Å². The largest absolute Gasteiger partial charge is 0.496 e. The molecule has 1 aliphatic rings. The molecule has 2 amide bonds. The maximum atomic E-state index is 12.6. The molecule has 6 nitrogen and oxygen atoms in total. The molecule has 1 fully saturated rings. The van der Waals surface area contributed by atoms with E-state index >= 15 is 0 Å². The van der Waals surface area contributed by atoms with Crippen molar-refractivity contribution >= 4 is 12.0 Å². The van der Waals surface area contributed by atoms with E-state index in [0.29, 0.717) is 24.4 Å². The van der Waals surface area contributed by atoms with E-state index in [-0.39, 0.29) is 11.3 Å². The standard InChI is InChI=1S/C21H25NO2.C4H9NO2/c1-24-19-13-7-6-12-18(19)20(23)22-16-21(14-8-3-9-15-21)17-10-4-2-5-11-17;1-2-3-5-4(6)7/h2,4-7,10-13H,3,8-9,14-16H2,1H3,(H,22,23);5H,2-3H2,1H3,(H,6,7). The lowest BCUT2D eigenvalue weighted by Gasteiger charge is -2.38. The van der Waals surface area contributed by atoms with E-state index in [1.165, 1.54) is 24.8 Å². The molecule has 2 aromatic carbocycles. The monoisotopic (exact) mass is 426 g/mol. The van der Waals surface area contributed by atoms with E-state index in [1.54, 1.807) is 7.11 Å². The highest BCUT2D eigenvalue weighted by atomic mass is 16.5. The van der Waals surface area contributed by atoms with Crippen molar-refractivity contribution in [1.29, 1.82) is 0 Å². The Morgan fingerprint density at radius 2 is 1.61 bits per heavy atom. The maximum absolute atomic E-state index is 12.6. The van der Waals surface area contributed by atoms with E-state index < -0.39 is 6.09 Å². The zero-order valence-corrected chi connectivity index (χ0v) is 18.5. The number of para-hydroxylation sites is 1. The van der Waals surface area contributed by atoms with Gasteiger partial charge in [0.2, 0.25) is 0 Å². The molecule has 3 N–H and O–H groups in total. The van der Waals surface area contributed by atoms with Gasteiger partial charge in [0.15, 0.2) is 0 Å². The van der Waals surface area contributed by atoms with Gasteiger partial charge in [-0.25, -0.2) is 4.79 Å². The molecule has 0 unspecified atom stereocenters. The summed E-state index contributed by atoms with van der Waals surface area (Å²) in [5, 5.41) is 13.3. The van der Waals surface area contributed by atoms with Gasteiger partial charge in [-0.3, -0.25) is 4.79 Å². The van der Waals surface area contributed by atoms with Gasteiger partial charge in [-0.2, -0.15) is 0 Å². The highest BCUT2D eigenvalue weighted by molar-refractivity contribution is 5.96.